The summed E-state index contributed by atoms with van der Waals surface area (Å²) in [6, 6.07) is 0.531. The van der Waals surface area contributed by atoms with Crippen LogP contribution in [0.15, 0.2) is 16.0 Å². The average Bonchev–Trinajstić information content (AvgIpc) is 2.17. The lowest BCUT2D eigenvalue weighted by Crippen LogP contribution is -2.36. The molecule has 2 rings (SSSR count). The van der Waals surface area contributed by atoms with Gasteiger partial charge in [-0.2, -0.15) is 13.2 Å². The predicted octanol–water partition coefficient (Wildman–Crippen LogP) is 1.21. The molecular formula is C8H8F3N3OS. The van der Waals surface area contributed by atoms with Crippen LogP contribution in [0.2, 0.25) is 0 Å². The third-order valence-corrected chi connectivity index (χ3v) is 3.20. The fraction of sp³-hybridized carbons (Fsp3) is 0.500. The molecule has 1 aromatic rings. The largest absolute Gasteiger partial charge is 0.433 e. The SMILES string of the molecule is CN1CSc2nc(C(F)(F)F)cc(=O)n2C1. The maximum Gasteiger partial charge on any atom is 0.433 e. The maximum atomic E-state index is 12.4. The Morgan fingerprint density at radius 2 is 2.19 bits per heavy atom. The van der Waals surface area contributed by atoms with Gasteiger partial charge in [0.1, 0.15) is 0 Å². The molecule has 0 saturated carbocycles. The fourth-order valence-corrected chi connectivity index (χ4v) is 2.20. The van der Waals surface area contributed by atoms with Crippen LogP contribution >= 0.6 is 11.8 Å². The molecule has 8 heteroatoms. The lowest BCUT2D eigenvalue weighted by atomic mass is 10.4. The van der Waals surface area contributed by atoms with E-state index in [-0.39, 0.29) is 11.8 Å². The van der Waals surface area contributed by atoms with Gasteiger partial charge in [-0.15, -0.1) is 0 Å². The summed E-state index contributed by atoms with van der Waals surface area (Å²) in [5.74, 6) is 0.522. The van der Waals surface area contributed by atoms with Gasteiger partial charge in [0, 0.05) is 6.07 Å². The highest BCUT2D eigenvalue weighted by molar-refractivity contribution is 7.99. The highest BCUT2D eigenvalue weighted by Gasteiger charge is 2.34. The van der Waals surface area contributed by atoms with Crippen molar-refractivity contribution in [3.05, 3.63) is 22.1 Å². The monoisotopic (exact) mass is 251 g/mol. The number of thioether (sulfide) groups is 1. The van der Waals surface area contributed by atoms with E-state index in [2.05, 4.69) is 4.98 Å². The summed E-state index contributed by atoms with van der Waals surface area (Å²) in [5.41, 5.74) is -1.79. The fourth-order valence-electron chi connectivity index (χ4n) is 1.32. The Kier molecular flexibility index (Phi) is 2.70. The van der Waals surface area contributed by atoms with Crippen LogP contribution in [0, 0.1) is 0 Å². The van der Waals surface area contributed by atoms with E-state index in [9.17, 15) is 18.0 Å². The highest BCUT2D eigenvalue weighted by Crippen LogP contribution is 2.29. The van der Waals surface area contributed by atoms with E-state index in [1.165, 1.54) is 4.57 Å². The first kappa shape index (κ1) is 11.5. The molecule has 88 valence electrons. The van der Waals surface area contributed by atoms with Gasteiger partial charge in [-0.1, -0.05) is 11.8 Å². The normalized spacial score (nSPS) is 17.2. The van der Waals surface area contributed by atoms with Crippen molar-refractivity contribution in [3.63, 3.8) is 0 Å². The Morgan fingerprint density at radius 3 is 2.81 bits per heavy atom. The Balaban J connectivity index is 2.51. The molecule has 0 saturated heterocycles. The third-order valence-electron chi connectivity index (χ3n) is 2.06. The summed E-state index contributed by atoms with van der Waals surface area (Å²) < 4.78 is 38.4. The van der Waals surface area contributed by atoms with E-state index in [1.807, 2.05) is 4.90 Å². The van der Waals surface area contributed by atoms with Crippen molar-refractivity contribution in [2.24, 2.45) is 0 Å². The lowest BCUT2D eigenvalue weighted by molar-refractivity contribution is -0.141. The number of hydrogen-bond donors (Lipinski definition) is 0. The van der Waals surface area contributed by atoms with Crippen molar-refractivity contribution in [2.45, 2.75) is 18.0 Å². The number of aromatic nitrogens is 2. The first-order chi connectivity index (χ1) is 7.38. The van der Waals surface area contributed by atoms with Crippen molar-refractivity contribution in [3.8, 4) is 0 Å². The predicted molar refractivity (Wildman–Crippen MR) is 52.0 cm³/mol. The van der Waals surface area contributed by atoms with E-state index >= 15 is 0 Å². The molecule has 0 bridgehead atoms. The van der Waals surface area contributed by atoms with Crippen molar-refractivity contribution < 1.29 is 13.2 Å². The van der Waals surface area contributed by atoms with Crippen molar-refractivity contribution >= 4 is 11.8 Å². The molecule has 0 aromatic carbocycles. The molecule has 1 aliphatic rings. The van der Waals surface area contributed by atoms with Gasteiger partial charge < -0.3 is 0 Å². The van der Waals surface area contributed by atoms with Crippen LogP contribution < -0.4 is 5.56 Å². The number of fused-ring (bicyclic) bond motifs is 1. The first-order valence-electron chi connectivity index (χ1n) is 4.38. The van der Waals surface area contributed by atoms with Gasteiger partial charge in [-0.3, -0.25) is 14.3 Å². The third kappa shape index (κ3) is 2.07. The number of nitrogens with zero attached hydrogens (tertiary/aromatic N) is 3. The molecule has 0 unspecified atom stereocenters. The first-order valence-corrected chi connectivity index (χ1v) is 5.37. The van der Waals surface area contributed by atoms with E-state index in [4.69, 9.17) is 0 Å². The van der Waals surface area contributed by atoms with Crippen molar-refractivity contribution in [1.82, 2.24) is 14.5 Å². The van der Waals surface area contributed by atoms with Crippen LogP contribution in [0.1, 0.15) is 5.69 Å². The summed E-state index contributed by atoms with van der Waals surface area (Å²) in [5, 5.41) is 0.123. The minimum Gasteiger partial charge on any atom is -0.279 e. The van der Waals surface area contributed by atoms with Crippen molar-refractivity contribution in [2.75, 3.05) is 12.9 Å². The highest BCUT2D eigenvalue weighted by atomic mass is 32.2. The smallest absolute Gasteiger partial charge is 0.279 e. The summed E-state index contributed by atoms with van der Waals surface area (Å²) in [6.07, 6.45) is -4.57. The molecule has 1 aliphatic heterocycles. The van der Waals surface area contributed by atoms with Gasteiger partial charge in [0.25, 0.3) is 5.56 Å². The molecule has 0 amide bonds. The quantitative estimate of drug-likeness (QED) is 0.650. The minimum absolute atomic E-state index is 0.123. The molecule has 0 radical (unpaired) electrons. The van der Waals surface area contributed by atoms with Gasteiger partial charge in [0.05, 0.1) is 12.5 Å². The number of hydrogen-bond acceptors (Lipinski definition) is 4. The molecule has 0 spiro atoms. The van der Waals surface area contributed by atoms with Gasteiger partial charge in [0.2, 0.25) is 0 Å². The van der Waals surface area contributed by atoms with E-state index in [0.717, 1.165) is 11.8 Å². The second-order valence-electron chi connectivity index (χ2n) is 3.46. The van der Waals surface area contributed by atoms with E-state index in [1.54, 1.807) is 7.05 Å². The Labute approximate surface area is 93.1 Å². The Bertz CT molecular complexity index is 471. The van der Waals surface area contributed by atoms with Crippen LogP contribution in [-0.2, 0) is 12.8 Å². The second-order valence-corrected chi connectivity index (χ2v) is 4.37. The van der Waals surface area contributed by atoms with Gasteiger partial charge >= 0.3 is 6.18 Å². The lowest BCUT2D eigenvalue weighted by Gasteiger charge is -2.25. The molecule has 0 fully saturated rings. The van der Waals surface area contributed by atoms with Gasteiger partial charge in [0.15, 0.2) is 10.9 Å². The van der Waals surface area contributed by atoms with Crippen LogP contribution in [0.4, 0.5) is 13.2 Å². The molecule has 0 aliphatic carbocycles. The molecule has 4 nitrogen and oxygen atoms in total. The zero-order chi connectivity index (χ0) is 11.9. The van der Waals surface area contributed by atoms with Gasteiger partial charge in [-0.05, 0) is 7.05 Å². The summed E-state index contributed by atoms with van der Waals surface area (Å²) in [7, 11) is 1.78. The molecule has 0 atom stereocenters. The number of rotatable bonds is 0. The zero-order valence-corrected chi connectivity index (χ0v) is 9.10. The summed E-state index contributed by atoms with van der Waals surface area (Å²) >= 11 is 1.12. The molecular weight excluding hydrogens is 243 g/mol. The molecule has 16 heavy (non-hydrogen) atoms. The van der Waals surface area contributed by atoms with Crippen LogP contribution in [0.25, 0.3) is 0 Å². The van der Waals surface area contributed by atoms with Crippen LogP contribution in [0.5, 0.6) is 0 Å². The Morgan fingerprint density at radius 1 is 1.50 bits per heavy atom. The molecule has 1 aromatic heterocycles. The second kappa shape index (κ2) is 3.77. The topological polar surface area (TPSA) is 38.1 Å². The maximum absolute atomic E-state index is 12.4. The Hall–Kier alpha value is -1.02. The van der Waals surface area contributed by atoms with Gasteiger partial charge in [-0.25, -0.2) is 4.98 Å². The summed E-state index contributed by atoms with van der Waals surface area (Å²) in [4.78, 5) is 16.7. The van der Waals surface area contributed by atoms with Crippen molar-refractivity contribution in [1.29, 1.82) is 0 Å². The number of halogens is 3. The van der Waals surface area contributed by atoms with E-state index < -0.39 is 17.4 Å². The molecule has 0 N–H and O–H groups in total. The average molecular weight is 251 g/mol. The molecule has 2 heterocycles. The standard InChI is InChI=1S/C8H8F3N3OS/c1-13-3-14-6(15)2-5(8(9,10)11)12-7(14)16-4-13/h2H,3-4H2,1H3. The van der Waals surface area contributed by atoms with Crippen LogP contribution in [0.3, 0.4) is 0 Å². The minimum atomic E-state index is -4.57. The van der Waals surface area contributed by atoms with Crippen LogP contribution in [-0.4, -0.2) is 27.4 Å². The number of alkyl halides is 3. The zero-order valence-electron chi connectivity index (χ0n) is 8.28. The summed E-state index contributed by atoms with van der Waals surface area (Å²) in [6.45, 7) is 0.270. The van der Waals surface area contributed by atoms with E-state index in [0.29, 0.717) is 11.9 Å².